The zero-order valence-electron chi connectivity index (χ0n) is 13.8. The number of rotatable bonds is 5. The van der Waals surface area contributed by atoms with Crippen LogP contribution in [0.15, 0.2) is 35.1 Å². The quantitative estimate of drug-likeness (QED) is 0.356. The van der Waals surface area contributed by atoms with E-state index in [-0.39, 0.29) is 17.1 Å². The third kappa shape index (κ3) is 3.20. The lowest BCUT2D eigenvalue weighted by molar-refractivity contribution is -0.115. The molecule has 0 bridgehead atoms. The minimum Gasteiger partial charge on any atom is -0.368 e. The van der Waals surface area contributed by atoms with Gasteiger partial charge in [-0.2, -0.15) is 4.98 Å². The molecule has 0 aliphatic heterocycles. The summed E-state index contributed by atoms with van der Waals surface area (Å²) in [5.41, 5.74) is 10.3. The van der Waals surface area contributed by atoms with E-state index >= 15 is 0 Å². The number of nitrogens with one attached hydrogen (secondary N) is 2. The number of nitrogen functional groups attached to an aromatic ring is 1. The van der Waals surface area contributed by atoms with Gasteiger partial charge in [0, 0.05) is 5.69 Å². The average molecular weight is 385 g/mol. The molecular weight excluding hydrogens is 370 g/mol. The number of aromatic amines is 1. The first-order valence-electron chi connectivity index (χ1n) is 7.91. The molecular formula is C16H15N7OS2. The Morgan fingerprint density at radius 3 is 3.12 bits per heavy atom. The van der Waals surface area contributed by atoms with Gasteiger partial charge in [0.15, 0.2) is 5.65 Å². The molecule has 0 radical (unpaired) electrons. The van der Waals surface area contributed by atoms with E-state index in [1.807, 2.05) is 25.1 Å². The summed E-state index contributed by atoms with van der Waals surface area (Å²) < 4.78 is 1.09. The molecule has 0 aliphatic carbocycles. The molecule has 1 atom stereocenters. The Labute approximate surface area is 156 Å². The number of thiazole rings is 1. The largest absolute Gasteiger partial charge is 0.368 e. The summed E-state index contributed by atoms with van der Waals surface area (Å²) in [6.07, 6.45) is 2.17. The van der Waals surface area contributed by atoms with E-state index in [4.69, 9.17) is 5.73 Å². The van der Waals surface area contributed by atoms with E-state index in [1.54, 1.807) is 16.8 Å². The fourth-order valence-electron chi connectivity index (χ4n) is 2.52. The molecule has 0 unspecified atom stereocenters. The molecule has 3 aromatic heterocycles. The standard InChI is InChI=1S/C16H15N7OS2/c1-2-10(26-15-12-13(19-6-18-12)22-16(17)23-15)14(24)21-8-3-4-11-9(5-8)20-7-25-11/h3-7,10H,2H2,1H3,(H,21,24)(H3,17,18,19,22,23)/t10-/m1/s1. The van der Waals surface area contributed by atoms with E-state index in [1.165, 1.54) is 18.1 Å². The topological polar surface area (TPSA) is 122 Å². The van der Waals surface area contributed by atoms with Crippen molar-refractivity contribution in [3.8, 4) is 0 Å². The van der Waals surface area contributed by atoms with Crippen molar-refractivity contribution in [2.75, 3.05) is 11.1 Å². The number of carbonyl (C=O) groups is 1. The lowest BCUT2D eigenvalue weighted by Crippen LogP contribution is -2.24. The number of aromatic nitrogens is 5. The van der Waals surface area contributed by atoms with Gasteiger partial charge in [0.2, 0.25) is 11.9 Å². The first-order valence-corrected chi connectivity index (χ1v) is 9.67. The van der Waals surface area contributed by atoms with E-state index in [2.05, 4.69) is 30.2 Å². The molecule has 0 spiro atoms. The van der Waals surface area contributed by atoms with Gasteiger partial charge in [-0.15, -0.1) is 11.3 Å². The van der Waals surface area contributed by atoms with Gasteiger partial charge in [-0.05, 0) is 24.6 Å². The van der Waals surface area contributed by atoms with Crippen LogP contribution in [0.3, 0.4) is 0 Å². The van der Waals surface area contributed by atoms with Crippen LogP contribution >= 0.6 is 23.1 Å². The molecule has 0 aliphatic rings. The highest BCUT2D eigenvalue weighted by molar-refractivity contribution is 8.00. The van der Waals surface area contributed by atoms with Crippen molar-refractivity contribution in [2.24, 2.45) is 0 Å². The lowest BCUT2D eigenvalue weighted by atomic mass is 10.2. The van der Waals surface area contributed by atoms with Crippen LogP contribution in [-0.2, 0) is 4.79 Å². The van der Waals surface area contributed by atoms with Crippen LogP contribution < -0.4 is 11.1 Å². The fourth-order valence-corrected chi connectivity index (χ4v) is 4.20. The first-order chi connectivity index (χ1) is 12.6. The molecule has 3 heterocycles. The molecule has 4 aromatic rings. The number of nitrogens with zero attached hydrogens (tertiary/aromatic N) is 4. The summed E-state index contributed by atoms with van der Waals surface area (Å²) in [7, 11) is 0. The number of benzene rings is 1. The van der Waals surface area contributed by atoms with E-state index in [0.717, 1.165) is 15.9 Å². The first kappa shape index (κ1) is 16.7. The molecule has 0 saturated heterocycles. The van der Waals surface area contributed by atoms with Crippen LogP contribution in [0, 0.1) is 0 Å². The van der Waals surface area contributed by atoms with Gasteiger partial charge in [-0.25, -0.2) is 15.0 Å². The van der Waals surface area contributed by atoms with Gasteiger partial charge in [0.05, 0.1) is 27.3 Å². The average Bonchev–Trinajstić information content (AvgIpc) is 3.27. The highest BCUT2D eigenvalue weighted by Gasteiger charge is 2.21. The Morgan fingerprint density at radius 2 is 2.27 bits per heavy atom. The van der Waals surface area contributed by atoms with Crippen LogP contribution in [0.4, 0.5) is 11.6 Å². The van der Waals surface area contributed by atoms with Crippen LogP contribution in [0.2, 0.25) is 0 Å². The number of hydrogen-bond acceptors (Lipinski definition) is 8. The van der Waals surface area contributed by atoms with Crippen molar-refractivity contribution in [3.63, 3.8) is 0 Å². The van der Waals surface area contributed by atoms with Gasteiger partial charge < -0.3 is 16.0 Å². The fraction of sp³-hybridized carbons (Fsp3) is 0.188. The summed E-state index contributed by atoms with van der Waals surface area (Å²) in [6, 6.07) is 5.71. The third-order valence-electron chi connectivity index (χ3n) is 3.78. The second-order valence-electron chi connectivity index (χ2n) is 5.53. The van der Waals surface area contributed by atoms with Crippen molar-refractivity contribution >= 4 is 62.0 Å². The molecule has 8 nitrogen and oxygen atoms in total. The zero-order valence-corrected chi connectivity index (χ0v) is 15.4. The highest BCUT2D eigenvalue weighted by Crippen LogP contribution is 2.30. The molecule has 4 N–H and O–H groups in total. The summed E-state index contributed by atoms with van der Waals surface area (Å²) >= 11 is 2.91. The number of H-pyrrole nitrogens is 1. The Bertz CT molecular complexity index is 1090. The van der Waals surface area contributed by atoms with Gasteiger partial charge in [0.1, 0.15) is 10.5 Å². The second-order valence-corrected chi connectivity index (χ2v) is 7.60. The molecule has 1 aromatic carbocycles. The van der Waals surface area contributed by atoms with Crippen molar-refractivity contribution < 1.29 is 4.79 Å². The van der Waals surface area contributed by atoms with Crippen LogP contribution in [0.1, 0.15) is 13.3 Å². The monoisotopic (exact) mass is 385 g/mol. The van der Waals surface area contributed by atoms with E-state index < -0.39 is 0 Å². The SMILES string of the molecule is CC[C@@H](Sc1nc(N)nc2nc[nH]c12)C(=O)Nc1ccc2scnc2c1. The number of fused-ring (bicyclic) bond motifs is 2. The van der Waals surface area contributed by atoms with Crippen molar-refractivity contribution in [2.45, 2.75) is 23.6 Å². The number of amides is 1. The normalized spacial score (nSPS) is 12.5. The van der Waals surface area contributed by atoms with Crippen molar-refractivity contribution in [1.29, 1.82) is 0 Å². The Morgan fingerprint density at radius 1 is 1.38 bits per heavy atom. The molecule has 4 rings (SSSR count). The molecule has 26 heavy (non-hydrogen) atoms. The minimum absolute atomic E-state index is 0.100. The van der Waals surface area contributed by atoms with Crippen LogP contribution in [0.5, 0.6) is 0 Å². The molecule has 0 fully saturated rings. The number of thioether (sulfide) groups is 1. The predicted octanol–water partition coefficient (Wildman–Crippen LogP) is 3.05. The Balaban J connectivity index is 1.55. The van der Waals surface area contributed by atoms with Crippen molar-refractivity contribution in [1.82, 2.24) is 24.9 Å². The third-order valence-corrected chi connectivity index (χ3v) is 5.95. The number of imidazole rings is 1. The summed E-state index contributed by atoms with van der Waals surface area (Å²) in [4.78, 5) is 32.4. The molecule has 0 saturated carbocycles. The van der Waals surface area contributed by atoms with E-state index in [0.29, 0.717) is 22.6 Å². The van der Waals surface area contributed by atoms with Gasteiger partial charge in [-0.3, -0.25) is 4.79 Å². The Hall–Kier alpha value is -2.72. The molecule has 132 valence electrons. The van der Waals surface area contributed by atoms with Crippen LogP contribution in [-0.4, -0.2) is 36.1 Å². The zero-order chi connectivity index (χ0) is 18.1. The number of hydrogen-bond donors (Lipinski definition) is 3. The summed E-state index contributed by atoms with van der Waals surface area (Å²) in [5.74, 6) is 0.0354. The number of nitrogens with two attached hydrogens (primary N) is 1. The molecule has 10 heteroatoms. The minimum atomic E-state index is -0.332. The number of carbonyl (C=O) groups excluding carboxylic acids is 1. The highest BCUT2D eigenvalue weighted by atomic mass is 32.2. The summed E-state index contributed by atoms with van der Waals surface area (Å²) in [5, 5.41) is 3.24. The van der Waals surface area contributed by atoms with Gasteiger partial charge in [0.25, 0.3) is 0 Å². The van der Waals surface area contributed by atoms with E-state index in [9.17, 15) is 4.79 Å². The maximum Gasteiger partial charge on any atom is 0.237 e. The smallest absolute Gasteiger partial charge is 0.237 e. The van der Waals surface area contributed by atoms with Crippen molar-refractivity contribution in [3.05, 3.63) is 30.0 Å². The van der Waals surface area contributed by atoms with Gasteiger partial charge in [-0.1, -0.05) is 18.7 Å². The predicted molar refractivity (Wildman–Crippen MR) is 104 cm³/mol. The number of anilines is 2. The molecule has 1 amide bonds. The van der Waals surface area contributed by atoms with Gasteiger partial charge >= 0.3 is 0 Å². The summed E-state index contributed by atoms with van der Waals surface area (Å²) in [6.45, 7) is 1.95. The lowest BCUT2D eigenvalue weighted by Gasteiger charge is -2.14. The maximum atomic E-state index is 12.7. The van der Waals surface area contributed by atoms with Crippen LogP contribution in [0.25, 0.3) is 21.4 Å². The maximum absolute atomic E-state index is 12.7. The Kier molecular flexibility index (Phi) is 4.43. The second kappa shape index (κ2) is 6.89.